The Hall–Kier alpha value is -1.12. The van der Waals surface area contributed by atoms with E-state index in [1.54, 1.807) is 11.3 Å². The van der Waals surface area contributed by atoms with Crippen LogP contribution in [0.25, 0.3) is 15.7 Å². The molecule has 72 valence electrons. The van der Waals surface area contributed by atoms with Gasteiger partial charge in [-0.05, 0) is 36.1 Å². The van der Waals surface area contributed by atoms with Crippen LogP contribution in [0.4, 0.5) is 0 Å². The number of nitrogens with two attached hydrogens (primary N) is 1. The van der Waals surface area contributed by atoms with Gasteiger partial charge in [0.1, 0.15) is 0 Å². The molecule has 0 unspecified atom stereocenters. The fraction of sp³-hybridized carbons (Fsp3) is 0.167. The largest absolute Gasteiger partial charge is 0.330 e. The van der Waals surface area contributed by atoms with Crippen LogP contribution in [0.1, 0.15) is 11.3 Å². The van der Waals surface area contributed by atoms with Gasteiger partial charge in [0, 0.05) is 9.58 Å². The summed E-state index contributed by atoms with van der Waals surface area (Å²) in [5.74, 6) is 0. The molecule has 0 aliphatic rings. The zero-order valence-electron chi connectivity index (χ0n) is 7.99. The lowest BCUT2D eigenvalue weighted by molar-refractivity contribution is 1.03. The summed E-state index contributed by atoms with van der Waals surface area (Å²) < 4.78 is 1.32. The second-order valence-electron chi connectivity index (χ2n) is 3.29. The summed E-state index contributed by atoms with van der Waals surface area (Å²) in [6.07, 6.45) is 0.882. The van der Waals surface area contributed by atoms with E-state index in [4.69, 9.17) is 5.73 Å². The molecule has 14 heavy (non-hydrogen) atoms. The molecule has 0 atom stereocenters. The van der Waals surface area contributed by atoms with Crippen molar-refractivity contribution in [2.75, 3.05) is 6.54 Å². The van der Waals surface area contributed by atoms with Crippen LogP contribution in [0.2, 0.25) is 0 Å². The van der Waals surface area contributed by atoms with E-state index in [2.05, 4.69) is 36.9 Å². The summed E-state index contributed by atoms with van der Waals surface area (Å²) in [5, 5.41) is 1.30. The van der Waals surface area contributed by atoms with Crippen LogP contribution in [0.5, 0.6) is 0 Å². The van der Waals surface area contributed by atoms with E-state index < -0.39 is 0 Å². The van der Waals surface area contributed by atoms with Crippen LogP contribution in [-0.4, -0.2) is 6.54 Å². The highest BCUT2D eigenvalue weighted by Gasteiger charge is 2.03. The molecule has 2 rings (SSSR count). The lowest BCUT2D eigenvalue weighted by Gasteiger charge is -1.97. The van der Waals surface area contributed by atoms with Gasteiger partial charge in [-0.25, -0.2) is 0 Å². The minimum Gasteiger partial charge on any atom is -0.330 e. The van der Waals surface area contributed by atoms with Crippen molar-refractivity contribution in [1.29, 1.82) is 0 Å². The molecule has 0 amide bonds. The first-order valence-electron chi connectivity index (χ1n) is 4.68. The average Bonchev–Trinajstić information content (AvgIpc) is 2.61. The summed E-state index contributed by atoms with van der Waals surface area (Å²) in [5.41, 5.74) is 6.65. The molecular weight excluding hydrogens is 190 g/mol. The van der Waals surface area contributed by atoms with Gasteiger partial charge in [0.2, 0.25) is 0 Å². The maximum Gasteiger partial charge on any atom is 0.0349 e. The summed E-state index contributed by atoms with van der Waals surface area (Å²) in [6, 6.07) is 10.6. The Morgan fingerprint density at radius 1 is 1.36 bits per heavy atom. The molecule has 2 N–H and O–H groups in total. The van der Waals surface area contributed by atoms with Gasteiger partial charge in [-0.15, -0.1) is 11.3 Å². The van der Waals surface area contributed by atoms with Crippen LogP contribution < -0.4 is 5.73 Å². The lowest BCUT2D eigenvalue weighted by atomic mass is 10.1. The highest BCUT2D eigenvalue weighted by atomic mass is 32.1. The van der Waals surface area contributed by atoms with Crippen molar-refractivity contribution in [1.82, 2.24) is 0 Å². The second-order valence-corrected chi connectivity index (χ2v) is 4.37. The molecule has 2 heteroatoms. The topological polar surface area (TPSA) is 26.0 Å². The Labute approximate surface area is 87.9 Å². The van der Waals surface area contributed by atoms with Gasteiger partial charge in [-0.3, -0.25) is 0 Å². The first-order valence-corrected chi connectivity index (χ1v) is 5.49. The van der Waals surface area contributed by atoms with E-state index >= 15 is 0 Å². The third-order valence-electron chi connectivity index (χ3n) is 2.22. The molecule has 0 spiro atoms. The maximum absolute atomic E-state index is 5.50. The quantitative estimate of drug-likeness (QED) is 0.814. The number of thiophene rings is 1. The Bertz CT molecular complexity index is 423. The molecule has 1 nitrogen and oxygen atoms in total. The number of benzene rings is 1. The van der Waals surface area contributed by atoms with E-state index in [0.29, 0.717) is 6.54 Å². The Balaban J connectivity index is 2.40. The van der Waals surface area contributed by atoms with Crippen molar-refractivity contribution in [3.05, 3.63) is 41.8 Å². The summed E-state index contributed by atoms with van der Waals surface area (Å²) >= 11 is 1.79. The third kappa shape index (κ3) is 1.72. The van der Waals surface area contributed by atoms with Crippen molar-refractivity contribution in [2.24, 2.45) is 5.73 Å². The molecular formula is C12H13NS. The van der Waals surface area contributed by atoms with Crippen molar-refractivity contribution in [3.8, 4) is 0 Å². The number of hydrogen-bond acceptors (Lipinski definition) is 2. The van der Waals surface area contributed by atoms with Crippen molar-refractivity contribution in [2.45, 2.75) is 6.42 Å². The van der Waals surface area contributed by atoms with Gasteiger partial charge in [-0.1, -0.05) is 24.8 Å². The molecule has 1 aromatic carbocycles. The predicted octanol–water partition coefficient (Wildman–Crippen LogP) is 3.26. The fourth-order valence-corrected chi connectivity index (χ4v) is 2.51. The molecule has 1 heterocycles. The van der Waals surface area contributed by atoms with E-state index in [1.165, 1.54) is 15.0 Å². The Kier molecular flexibility index (Phi) is 2.66. The van der Waals surface area contributed by atoms with E-state index in [1.807, 2.05) is 0 Å². The Morgan fingerprint density at radius 3 is 2.86 bits per heavy atom. The molecule has 0 bridgehead atoms. The molecule has 0 aliphatic heterocycles. The van der Waals surface area contributed by atoms with Crippen LogP contribution in [0.3, 0.4) is 0 Å². The van der Waals surface area contributed by atoms with E-state index in [9.17, 15) is 0 Å². The molecule has 2 aromatic rings. The van der Waals surface area contributed by atoms with Crippen LogP contribution >= 0.6 is 11.3 Å². The van der Waals surface area contributed by atoms with E-state index in [-0.39, 0.29) is 0 Å². The number of rotatable bonds is 3. The van der Waals surface area contributed by atoms with Crippen LogP contribution in [0, 0.1) is 0 Å². The summed E-state index contributed by atoms with van der Waals surface area (Å²) in [7, 11) is 0. The summed E-state index contributed by atoms with van der Waals surface area (Å²) in [4.78, 5) is 1.26. The normalized spacial score (nSPS) is 10.6. The van der Waals surface area contributed by atoms with Crippen molar-refractivity contribution >= 4 is 27.0 Å². The molecule has 0 aliphatic carbocycles. The Morgan fingerprint density at radius 2 is 2.14 bits per heavy atom. The molecule has 0 radical (unpaired) electrons. The van der Waals surface area contributed by atoms with Gasteiger partial charge in [-0.2, -0.15) is 0 Å². The van der Waals surface area contributed by atoms with Gasteiger partial charge in [0.25, 0.3) is 0 Å². The maximum atomic E-state index is 5.50. The predicted molar refractivity (Wildman–Crippen MR) is 64.5 cm³/mol. The number of hydrogen-bond donors (Lipinski definition) is 1. The van der Waals surface area contributed by atoms with Crippen LogP contribution in [0.15, 0.2) is 36.9 Å². The highest BCUT2D eigenvalue weighted by Crippen LogP contribution is 2.30. The molecule has 0 fully saturated rings. The summed E-state index contributed by atoms with van der Waals surface area (Å²) in [6.45, 7) is 4.71. The van der Waals surface area contributed by atoms with Gasteiger partial charge in [0.15, 0.2) is 0 Å². The zero-order valence-corrected chi connectivity index (χ0v) is 8.81. The van der Waals surface area contributed by atoms with Crippen LogP contribution in [-0.2, 0) is 0 Å². The number of fused-ring (bicyclic) bond motifs is 1. The lowest BCUT2D eigenvalue weighted by Crippen LogP contribution is -1.98. The third-order valence-corrected chi connectivity index (χ3v) is 3.44. The smallest absolute Gasteiger partial charge is 0.0349 e. The highest BCUT2D eigenvalue weighted by molar-refractivity contribution is 7.20. The second kappa shape index (κ2) is 3.95. The zero-order chi connectivity index (χ0) is 9.97. The average molecular weight is 203 g/mol. The fourth-order valence-electron chi connectivity index (χ4n) is 1.45. The monoisotopic (exact) mass is 203 g/mol. The minimum absolute atomic E-state index is 0.674. The molecule has 0 saturated carbocycles. The minimum atomic E-state index is 0.674. The van der Waals surface area contributed by atoms with Gasteiger partial charge in [0.05, 0.1) is 0 Å². The van der Waals surface area contributed by atoms with Crippen molar-refractivity contribution in [3.63, 3.8) is 0 Å². The molecule has 0 saturated heterocycles. The van der Waals surface area contributed by atoms with Gasteiger partial charge >= 0.3 is 0 Å². The first kappa shape index (κ1) is 9.44. The van der Waals surface area contributed by atoms with Crippen molar-refractivity contribution < 1.29 is 0 Å². The van der Waals surface area contributed by atoms with Gasteiger partial charge < -0.3 is 5.73 Å². The molecule has 1 aromatic heterocycles. The SMILES string of the molecule is C=C(CCN)c1cc2ccccc2s1. The standard InChI is InChI=1S/C12H13NS/c1-9(6-7-13)12-8-10-4-2-3-5-11(10)14-12/h2-5,8H,1,6-7,13H2. The van der Waals surface area contributed by atoms with E-state index in [0.717, 1.165) is 12.0 Å². The first-order chi connectivity index (χ1) is 6.81.